The van der Waals surface area contributed by atoms with E-state index >= 15 is 0 Å². The van der Waals surface area contributed by atoms with Gasteiger partial charge in [0.05, 0.1) is 17.6 Å². The van der Waals surface area contributed by atoms with E-state index in [1.807, 2.05) is 0 Å². The first-order chi connectivity index (χ1) is 15.7. The van der Waals surface area contributed by atoms with Crippen molar-refractivity contribution in [1.29, 1.82) is 0 Å². The van der Waals surface area contributed by atoms with Crippen LogP contribution in [-0.4, -0.2) is 20.2 Å². The molecule has 3 rings (SSSR count). The van der Waals surface area contributed by atoms with Crippen molar-refractivity contribution in [3.05, 3.63) is 87.2 Å². The largest absolute Gasteiger partial charge is 0.433 e. The second-order valence-electron chi connectivity index (χ2n) is 8.07. The van der Waals surface area contributed by atoms with E-state index in [1.165, 1.54) is 24.1 Å². The van der Waals surface area contributed by atoms with Crippen LogP contribution in [0, 0.1) is 30.3 Å². The van der Waals surface area contributed by atoms with E-state index in [1.54, 1.807) is 6.92 Å². The molecule has 0 saturated heterocycles. The maximum Gasteiger partial charge on any atom is 0.372 e. The summed E-state index contributed by atoms with van der Waals surface area (Å²) in [5.74, 6) is -5.94. The molecule has 2 N–H and O–H groups in total. The van der Waals surface area contributed by atoms with Gasteiger partial charge in [0.25, 0.3) is 0 Å². The van der Waals surface area contributed by atoms with Gasteiger partial charge in [0, 0.05) is 24.0 Å². The Morgan fingerprint density at radius 2 is 1.68 bits per heavy atom. The molecule has 3 heterocycles. The standard InChI is InChI=1S/C19H14Cl2F3N3O3.C4H10/c1-8-6-26-18(21)15(24)16(8)27-9(2)4-13(14(20)10(27)3)30-19(28,29)17-12(23)5-11(22)7-25-17;1-4(2)3/h4-7,28-29H,3H2,1-2H3;4H,1-3H3. The molecule has 0 aliphatic carbocycles. The van der Waals surface area contributed by atoms with Gasteiger partial charge in [-0.15, -0.1) is 0 Å². The molecule has 0 amide bonds. The normalized spacial score (nSPS) is 14.2. The first-order valence-corrected chi connectivity index (χ1v) is 10.8. The number of hydrogen-bond acceptors (Lipinski definition) is 6. The van der Waals surface area contributed by atoms with Gasteiger partial charge in [-0.3, -0.25) is 0 Å². The molecule has 0 atom stereocenters. The van der Waals surface area contributed by atoms with E-state index in [2.05, 4.69) is 37.3 Å². The van der Waals surface area contributed by atoms with E-state index in [0.29, 0.717) is 23.5 Å². The summed E-state index contributed by atoms with van der Waals surface area (Å²) < 4.78 is 46.6. The molecule has 0 bridgehead atoms. The Kier molecular flexibility index (Phi) is 8.76. The lowest BCUT2D eigenvalue weighted by Gasteiger charge is -2.34. The molecule has 2 aromatic heterocycles. The molecule has 0 fully saturated rings. The van der Waals surface area contributed by atoms with E-state index < -0.39 is 29.1 Å². The molecule has 0 spiro atoms. The fraction of sp³-hybridized carbons (Fsp3) is 0.304. The van der Waals surface area contributed by atoms with Crippen molar-refractivity contribution < 1.29 is 28.1 Å². The Morgan fingerprint density at radius 3 is 2.24 bits per heavy atom. The second-order valence-corrected chi connectivity index (χ2v) is 8.80. The lowest BCUT2D eigenvalue weighted by Crippen LogP contribution is -2.33. The fourth-order valence-electron chi connectivity index (χ4n) is 2.83. The number of aliphatic hydroxyl groups is 2. The molecule has 0 saturated carbocycles. The number of ether oxygens (including phenoxy) is 1. The summed E-state index contributed by atoms with van der Waals surface area (Å²) in [6.45, 7) is 13.4. The topological polar surface area (TPSA) is 78.7 Å². The van der Waals surface area contributed by atoms with Crippen molar-refractivity contribution in [2.24, 2.45) is 5.92 Å². The SMILES string of the molecule is C=C1C(Cl)=C(OC(O)(O)c2ncc(F)cc2F)C=C(C)N1c1c(C)cnc(Cl)c1F.CC(C)C. The highest BCUT2D eigenvalue weighted by Gasteiger charge is 2.37. The number of halogens is 5. The van der Waals surface area contributed by atoms with Gasteiger partial charge in [-0.25, -0.2) is 23.1 Å². The lowest BCUT2D eigenvalue weighted by atomic mass is 10.1. The Labute approximate surface area is 205 Å². The Balaban J connectivity index is 0.000000945. The number of aromatic nitrogens is 2. The van der Waals surface area contributed by atoms with Crippen LogP contribution in [0.2, 0.25) is 5.15 Å². The van der Waals surface area contributed by atoms with Gasteiger partial charge in [-0.05, 0) is 25.3 Å². The number of anilines is 1. The Hall–Kier alpha value is -2.59. The summed E-state index contributed by atoms with van der Waals surface area (Å²) in [5.41, 5.74) is -0.193. The molecule has 0 aromatic carbocycles. The fourth-order valence-corrected chi connectivity index (χ4v) is 3.14. The first-order valence-electron chi connectivity index (χ1n) is 10.0. The average molecular weight is 518 g/mol. The highest BCUT2D eigenvalue weighted by atomic mass is 35.5. The van der Waals surface area contributed by atoms with Crippen LogP contribution in [0.5, 0.6) is 0 Å². The molecular formula is C23H24Cl2F3N3O3. The summed E-state index contributed by atoms with van der Waals surface area (Å²) in [4.78, 5) is 8.37. The van der Waals surface area contributed by atoms with Crippen LogP contribution < -0.4 is 4.90 Å². The van der Waals surface area contributed by atoms with Gasteiger partial charge in [-0.1, -0.05) is 50.6 Å². The van der Waals surface area contributed by atoms with E-state index in [9.17, 15) is 23.4 Å². The molecule has 0 unspecified atom stereocenters. The van der Waals surface area contributed by atoms with Crippen molar-refractivity contribution in [2.75, 3.05) is 4.90 Å². The van der Waals surface area contributed by atoms with Gasteiger partial charge in [0.15, 0.2) is 22.5 Å². The van der Waals surface area contributed by atoms with Crippen LogP contribution in [0.15, 0.2) is 53.3 Å². The van der Waals surface area contributed by atoms with E-state index in [-0.39, 0.29) is 27.3 Å². The van der Waals surface area contributed by atoms with Gasteiger partial charge >= 0.3 is 5.97 Å². The van der Waals surface area contributed by atoms with Crippen molar-refractivity contribution >= 4 is 28.9 Å². The van der Waals surface area contributed by atoms with Crippen molar-refractivity contribution in [3.8, 4) is 0 Å². The van der Waals surface area contributed by atoms with Crippen LogP contribution in [-0.2, 0) is 10.7 Å². The number of pyridine rings is 2. The summed E-state index contributed by atoms with van der Waals surface area (Å²) in [6, 6.07) is 0.407. The third-order valence-corrected chi connectivity index (χ3v) is 4.83. The molecule has 6 nitrogen and oxygen atoms in total. The predicted molar refractivity (Wildman–Crippen MR) is 124 cm³/mol. The molecule has 0 radical (unpaired) electrons. The Morgan fingerprint density at radius 1 is 1.09 bits per heavy atom. The van der Waals surface area contributed by atoms with Crippen LogP contribution >= 0.6 is 23.2 Å². The van der Waals surface area contributed by atoms with Crippen molar-refractivity contribution in [1.82, 2.24) is 9.97 Å². The second kappa shape index (κ2) is 10.8. The minimum atomic E-state index is -3.28. The van der Waals surface area contributed by atoms with Crippen LogP contribution in [0.25, 0.3) is 0 Å². The number of allylic oxidation sites excluding steroid dienone is 3. The van der Waals surface area contributed by atoms with Gasteiger partial charge < -0.3 is 19.8 Å². The number of aryl methyl sites for hydroxylation is 1. The highest BCUT2D eigenvalue weighted by Crippen LogP contribution is 2.41. The number of nitrogens with zero attached hydrogens (tertiary/aromatic N) is 3. The third-order valence-electron chi connectivity index (χ3n) is 4.16. The zero-order valence-corrected chi connectivity index (χ0v) is 20.6. The minimum absolute atomic E-state index is 0.0132. The number of hydrogen-bond donors (Lipinski definition) is 2. The summed E-state index contributed by atoms with van der Waals surface area (Å²) >= 11 is 12.0. The van der Waals surface area contributed by atoms with E-state index in [4.69, 9.17) is 27.9 Å². The lowest BCUT2D eigenvalue weighted by molar-refractivity contribution is -0.334. The number of rotatable bonds is 4. The van der Waals surface area contributed by atoms with Gasteiger partial charge in [0.2, 0.25) is 0 Å². The van der Waals surface area contributed by atoms with E-state index in [0.717, 1.165) is 5.92 Å². The van der Waals surface area contributed by atoms with Crippen LogP contribution in [0.3, 0.4) is 0 Å². The quantitative estimate of drug-likeness (QED) is 0.381. The molecular weight excluding hydrogens is 494 g/mol. The summed E-state index contributed by atoms with van der Waals surface area (Å²) in [6.07, 6.45) is 3.19. The molecule has 34 heavy (non-hydrogen) atoms. The zero-order valence-electron chi connectivity index (χ0n) is 19.1. The maximum absolute atomic E-state index is 14.6. The molecule has 184 valence electrons. The minimum Gasteiger partial charge on any atom is -0.433 e. The smallest absolute Gasteiger partial charge is 0.372 e. The third kappa shape index (κ3) is 6.09. The first kappa shape index (κ1) is 27.7. The molecule has 11 heteroatoms. The molecule has 1 aliphatic rings. The van der Waals surface area contributed by atoms with Gasteiger partial charge in [0.1, 0.15) is 16.6 Å². The molecule has 2 aromatic rings. The summed E-state index contributed by atoms with van der Waals surface area (Å²) in [7, 11) is 0. The Bertz CT molecular complexity index is 1160. The van der Waals surface area contributed by atoms with Crippen molar-refractivity contribution in [3.63, 3.8) is 0 Å². The maximum atomic E-state index is 14.6. The zero-order chi connectivity index (χ0) is 26.0. The van der Waals surface area contributed by atoms with Crippen molar-refractivity contribution in [2.45, 2.75) is 40.6 Å². The predicted octanol–water partition coefficient (Wildman–Crippen LogP) is 6.02. The van der Waals surface area contributed by atoms with Crippen LogP contribution in [0.4, 0.5) is 18.9 Å². The monoisotopic (exact) mass is 517 g/mol. The van der Waals surface area contributed by atoms with Gasteiger partial charge in [-0.2, -0.15) is 0 Å². The highest BCUT2D eigenvalue weighted by molar-refractivity contribution is 6.33. The summed E-state index contributed by atoms with van der Waals surface area (Å²) in [5, 5.41) is 19.7. The molecule has 1 aliphatic heterocycles. The average Bonchev–Trinajstić information content (AvgIpc) is 2.70. The van der Waals surface area contributed by atoms with Crippen LogP contribution in [0.1, 0.15) is 39.0 Å².